The maximum atomic E-state index is 13.4. The van der Waals surface area contributed by atoms with Gasteiger partial charge in [-0.15, -0.1) is 13.2 Å². The van der Waals surface area contributed by atoms with Crippen LogP contribution in [-0.2, 0) is 0 Å². The van der Waals surface area contributed by atoms with Crippen LogP contribution < -0.4 is 9.47 Å². The maximum Gasteiger partial charge on any atom is 0.573 e. The van der Waals surface area contributed by atoms with Crippen molar-refractivity contribution in [2.45, 2.75) is 6.36 Å². The van der Waals surface area contributed by atoms with E-state index in [0.717, 1.165) is 16.6 Å². The first-order chi connectivity index (χ1) is 9.33. The molecule has 2 aromatic rings. The molecule has 2 aromatic carbocycles. The Hall–Kier alpha value is -1.76. The minimum absolute atomic E-state index is 0.0688. The molecule has 0 aliphatic heterocycles. The summed E-state index contributed by atoms with van der Waals surface area (Å²) in [7, 11) is 0. The Morgan fingerprint density at radius 2 is 1.50 bits per heavy atom. The molecule has 0 radical (unpaired) electrons. The molecule has 0 N–H and O–H groups in total. The average Bonchev–Trinajstić information content (AvgIpc) is 2.34. The van der Waals surface area contributed by atoms with E-state index in [4.69, 9.17) is 4.74 Å². The first-order valence-electron chi connectivity index (χ1n) is 5.32. The lowest BCUT2D eigenvalue weighted by Crippen LogP contribution is -2.17. The van der Waals surface area contributed by atoms with Gasteiger partial charge in [0.15, 0.2) is 11.6 Å². The summed E-state index contributed by atoms with van der Waals surface area (Å²) in [5, 5.41) is 0. The number of hydrogen-bond acceptors (Lipinski definition) is 2. The lowest BCUT2D eigenvalue weighted by atomic mass is 10.3. The highest BCUT2D eigenvalue weighted by Gasteiger charge is 2.32. The van der Waals surface area contributed by atoms with E-state index in [1.165, 1.54) is 6.07 Å². The van der Waals surface area contributed by atoms with Gasteiger partial charge in [-0.2, -0.15) is 0 Å². The van der Waals surface area contributed by atoms with Crippen molar-refractivity contribution in [2.75, 3.05) is 0 Å². The molecule has 0 saturated carbocycles. The van der Waals surface area contributed by atoms with Crippen molar-refractivity contribution in [3.8, 4) is 17.2 Å². The predicted octanol–water partition coefficient (Wildman–Crippen LogP) is 5.28. The van der Waals surface area contributed by atoms with Crippen molar-refractivity contribution in [1.29, 1.82) is 0 Å². The van der Waals surface area contributed by atoms with Gasteiger partial charge in [-0.05, 0) is 36.4 Å². The highest BCUT2D eigenvalue weighted by molar-refractivity contribution is 9.10. The van der Waals surface area contributed by atoms with Gasteiger partial charge in [-0.1, -0.05) is 15.9 Å². The molecule has 20 heavy (non-hydrogen) atoms. The Morgan fingerprint density at radius 3 is 2.05 bits per heavy atom. The van der Waals surface area contributed by atoms with Crippen molar-refractivity contribution in [3.63, 3.8) is 0 Å². The third kappa shape index (κ3) is 4.12. The molecule has 0 aromatic heterocycles. The van der Waals surface area contributed by atoms with Crippen LogP contribution in [0.2, 0.25) is 0 Å². The van der Waals surface area contributed by atoms with Crippen LogP contribution in [0, 0.1) is 5.82 Å². The van der Waals surface area contributed by atoms with E-state index < -0.39 is 17.9 Å². The van der Waals surface area contributed by atoms with Gasteiger partial charge in [-0.3, -0.25) is 0 Å². The third-order valence-corrected chi connectivity index (χ3v) is 2.71. The Balaban J connectivity index is 2.14. The highest BCUT2D eigenvalue weighted by atomic mass is 79.9. The van der Waals surface area contributed by atoms with Crippen molar-refractivity contribution < 1.29 is 27.0 Å². The molecular formula is C13H7BrF4O2. The van der Waals surface area contributed by atoms with Crippen LogP contribution in [-0.4, -0.2) is 6.36 Å². The Labute approximate surface area is 120 Å². The Morgan fingerprint density at radius 1 is 0.900 bits per heavy atom. The van der Waals surface area contributed by atoms with Crippen LogP contribution >= 0.6 is 15.9 Å². The first kappa shape index (κ1) is 14.6. The fourth-order valence-corrected chi connectivity index (χ4v) is 1.66. The van der Waals surface area contributed by atoms with Crippen LogP contribution in [0.4, 0.5) is 17.6 Å². The zero-order valence-corrected chi connectivity index (χ0v) is 11.3. The molecule has 0 amide bonds. The summed E-state index contributed by atoms with van der Waals surface area (Å²) in [5.41, 5.74) is 0. The summed E-state index contributed by atoms with van der Waals surface area (Å²) in [5.74, 6) is -1.56. The first-order valence-corrected chi connectivity index (χ1v) is 6.11. The van der Waals surface area contributed by atoms with Gasteiger partial charge in [0.25, 0.3) is 0 Å². The molecule has 0 aliphatic rings. The van der Waals surface area contributed by atoms with Gasteiger partial charge >= 0.3 is 6.36 Å². The lowest BCUT2D eigenvalue weighted by Gasteiger charge is -2.11. The fraction of sp³-hybridized carbons (Fsp3) is 0.0769. The SMILES string of the molecule is Fc1cc(Oc2ccc(Br)cc2)ccc1OC(F)(F)F. The maximum absolute atomic E-state index is 13.4. The van der Waals surface area contributed by atoms with Crippen molar-refractivity contribution in [2.24, 2.45) is 0 Å². The van der Waals surface area contributed by atoms with Crippen molar-refractivity contribution in [1.82, 2.24) is 0 Å². The zero-order chi connectivity index (χ0) is 14.8. The van der Waals surface area contributed by atoms with Crippen molar-refractivity contribution >= 4 is 15.9 Å². The quantitative estimate of drug-likeness (QED) is 0.701. The molecule has 0 spiro atoms. The summed E-state index contributed by atoms with van der Waals surface area (Å²) in [6.45, 7) is 0. The molecule has 0 heterocycles. The molecule has 0 saturated heterocycles. The van der Waals surface area contributed by atoms with E-state index in [9.17, 15) is 17.6 Å². The number of hydrogen-bond donors (Lipinski definition) is 0. The molecule has 0 bridgehead atoms. The molecule has 2 rings (SSSR count). The fourth-order valence-electron chi connectivity index (χ4n) is 1.39. The highest BCUT2D eigenvalue weighted by Crippen LogP contribution is 2.30. The van der Waals surface area contributed by atoms with E-state index in [2.05, 4.69) is 20.7 Å². The van der Waals surface area contributed by atoms with Gasteiger partial charge in [-0.25, -0.2) is 4.39 Å². The number of rotatable bonds is 3. The molecular weight excluding hydrogens is 344 g/mol. The summed E-state index contributed by atoms with van der Waals surface area (Å²) < 4.78 is 59.0. The normalized spacial score (nSPS) is 11.2. The minimum atomic E-state index is -4.94. The number of halogens is 5. The zero-order valence-electron chi connectivity index (χ0n) is 9.75. The average molecular weight is 351 g/mol. The third-order valence-electron chi connectivity index (χ3n) is 2.18. The molecule has 0 aliphatic carbocycles. The molecule has 2 nitrogen and oxygen atoms in total. The van der Waals surface area contributed by atoms with E-state index >= 15 is 0 Å². The second kappa shape index (κ2) is 5.70. The molecule has 7 heteroatoms. The summed E-state index contributed by atoms with van der Waals surface area (Å²) in [6.07, 6.45) is -4.94. The predicted molar refractivity (Wildman–Crippen MR) is 67.3 cm³/mol. The van der Waals surface area contributed by atoms with Crippen LogP contribution in [0.25, 0.3) is 0 Å². The minimum Gasteiger partial charge on any atom is -0.457 e. The van der Waals surface area contributed by atoms with Gasteiger partial charge in [0.1, 0.15) is 11.5 Å². The Bertz CT molecular complexity index is 596. The monoisotopic (exact) mass is 350 g/mol. The van der Waals surface area contributed by atoms with Gasteiger partial charge in [0.2, 0.25) is 0 Å². The van der Waals surface area contributed by atoms with Gasteiger partial charge in [0.05, 0.1) is 0 Å². The second-order valence-electron chi connectivity index (χ2n) is 3.70. The molecule has 0 fully saturated rings. The van der Waals surface area contributed by atoms with Crippen LogP contribution in [0.1, 0.15) is 0 Å². The van der Waals surface area contributed by atoms with E-state index in [1.54, 1.807) is 24.3 Å². The van der Waals surface area contributed by atoms with Crippen LogP contribution in [0.5, 0.6) is 17.2 Å². The number of benzene rings is 2. The van der Waals surface area contributed by atoms with Crippen LogP contribution in [0.15, 0.2) is 46.9 Å². The van der Waals surface area contributed by atoms with Crippen LogP contribution in [0.3, 0.4) is 0 Å². The van der Waals surface area contributed by atoms with E-state index in [-0.39, 0.29) is 5.75 Å². The van der Waals surface area contributed by atoms with Gasteiger partial charge < -0.3 is 9.47 Å². The summed E-state index contributed by atoms with van der Waals surface area (Å²) in [6, 6.07) is 9.55. The topological polar surface area (TPSA) is 18.5 Å². The number of alkyl halides is 3. The van der Waals surface area contributed by atoms with Crippen molar-refractivity contribution in [3.05, 3.63) is 52.8 Å². The molecule has 106 valence electrons. The van der Waals surface area contributed by atoms with Gasteiger partial charge in [0, 0.05) is 10.5 Å². The Kier molecular flexibility index (Phi) is 4.17. The summed E-state index contributed by atoms with van der Waals surface area (Å²) >= 11 is 3.24. The van der Waals surface area contributed by atoms with E-state index in [0.29, 0.717) is 5.75 Å². The summed E-state index contributed by atoms with van der Waals surface area (Å²) in [4.78, 5) is 0. The lowest BCUT2D eigenvalue weighted by molar-refractivity contribution is -0.275. The van der Waals surface area contributed by atoms with E-state index in [1.807, 2.05) is 0 Å². The standard InChI is InChI=1S/C13H7BrF4O2/c14-8-1-3-9(4-2-8)19-10-5-6-12(11(15)7-10)20-13(16,17)18/h1-7H. The molecule has 0 unspecified atom stereocenters. The molecule has 0 atom stereocenters. The second-order valence-corrected chi connectivity index (χ2v) is 4.61. The smallest absolute Gasteiger partial charge is 0.457 e. The number of ether oxygens (including phenoxy) is 2. The largest absolute Gasteiger partial charge is 0.573 e.